The summed E-state index contributed by atoms with van der Waals surface area (Å²) in [5.74, 6) is -2.37. The summed E-state index contributed by atoms with van der Waals surface area (Å²) in [5, 5.41) is 2.69. The third-order valence-electron chi connectivity index (χ3n) is 4.13. The fraction of sp³-hybridized carbons (Fsp3) is 0.211. The van der Waals surface area contributed by atoms with E-state index in [2.05, 4.69) is 10.3 Å². The van der Waals surface area contributed by atoms with Gasteiger partial charge in [0.2, 0.25) is 17.7 Å². The fourth-order valence-electron chi connectivity index (χ4n) is 2.87. The molecule has 2 aliphatic heterocycles. The van der Waals surface area contributed by atoms with Crippen molar-refractivity contribution in [3.05, 3.63) is 66.0 Å². The third kappa shape index (κ3) is 5.10. The van der Waals surface area contributed by atoms with Crippen molar-refractivity contribution in [2.24, 2.45) is 0 Å². The number of rotatable bonds is 2. The molecular formula is C19H17N3O6S2. The molecule has 2 fully saturated rings. The largest absolute Gasteiger partial charge is 0.294 e. The summed E-state index contributed by atoms with van der Waals surface area (Å²) in [7, 11) is -3.80. The number of benzene rings is 1. The molecule has 9 nitrogen and oxygen atoms in total. The molecule has 0 radical (unpaired) electrons. The maximum atomic E-state index is 11.7. The number of carbonyl (C=O) groups excluding carboxylic acids is 4. The van der Waals surface area contributed by atoms with Crippen LogP contribution in [0.5, 0.6) is 0 Å². The molecule has 0 spiro atoms. The van der Waals surface area contributed by atoms with E-state index < -0.39 is 32.7 Å². The van der Waals surface area contributed by atoms with Gasteiger partial charge >= 0.3 is 0 Å². The molecule has 156 valence electrons. The van der Waals surface area contributed by atoms with Gasteiger partial charge < -0.3 is 0 Å². The van der Waals surface area contributed by atoms with Crippen LogP contribution in [0.1, 0.15) is 21.8 Å². The molecule has 2 aromatic rings. The van der Waals surface area contributed by atoms with Gasteiger partial charge in [-0.05, 0) is 17.7 Å². The van der Waals surface area contributed by atoms with Crippen LogP contribution in [0.25, 0.3) is 0 Å². The van der Waals surface area contributed by atoms with E-state index in [1.165, 1.54) is 24.0 Å². The van der Waals surface area contributed by atoms with Crippen LogP contribution in [0.2, 0.25) is 0 Å². The Hall–Kier alpha value is -3.05. The number of thioether (sulfide) groups is 1. The molecule has 0 aliphatic carbocycles. The van der Waals surface area contributed by atoms with E-state index in [0.29, 0.717) is 5.75 Å². The normalized spacial score (nSPS) is 22.9. The van der Waals surface area contributed by atoms with E-state index >= 15 is 0 Å². The minimum absolute atomic E-state index is 0.132. The van der Waals surface area contributed by atoms with Gasteiger partial charge in [-0.3, -0.25) is 34.8 Å². The van der Waals surface area contributed by atoms with Crippen LogP contribution in [-0.2, 0) is 29.0 Å². The Labute approximate surface area is 176 Å². The maximum absolute atomic E-state index is 11.7. The van der Waals surface area contributed by atoms with Gasteiger partial charge in [-0.25, -0.2) is 8.42 Å². The lowest BCUT2D eigenvalue weighted by atomic mass is 10.1. The first kappa shape index (κ1) is 21.7. The molecule has 4 amide bonds. The Balaban J connectivity index is 0.000000172. The molecule has 3 heterocycles. The quantitative estimate of drug-likeness (QED) is 0.627. The van der Waals surface area contributed by atoms with Gasteiger partial charge in [0.25, 0.3) is 5.91 Å². The zero-order valence-corrected chi connectivity index (χ0v) is 17.1. The standard InChI is InChI=1S/C10H9NO2S.C9H8N2O4S/c12-8-6-14-9(10(13)11-8)7-4-2-1-3-5-7;12-7-5-16(14,15)8(9(13)11-7)6-3-1-2-4-10-6/h1-5,9H,6H2,(H,11,12,13);1-4,8H,5H2,(H,11,12,13). The van der Waals surface area contributed by atoms with Crippen molar-refractivity contribution in [1.82, 2.24) is 15.6 Å². The molecule has 2 aliphatic rings. The molecule has 0 saturated carbocycles. The van der Waals surface area contributed by atoms with E-state index in [9.17, 15) is 27.6 Å². The summed E-state index contributed by atoms with van der Waals surface area (Å²) >= 11 is 1.37. The first-order chi connectivity index (χ1) is 14.3. The monoisotopic (exact) mass is 447 g/mol. The number of imide groups is 2. The Morgan fingerprint density at radius 2 is 1.53 bits per heavy atom. The number of carbonyl (C=O) groups is 4. The first-order valence-electron chi connectivity index (χ1n) is 8.74. The van der Waals surface area contributed by atoms with Crippen LogP contribution >= 0.6 is 11.8 Å². The van der Waals surface area contributed by atoms with E-state index in [4.69, 9.17) is 0 Å². The smallest absolute Gasteiger partial charge is 0.251 e. The molecule has 1 aromatic carbocycles. The summed E-state index contributed by atoms with van der Waals surface area (Å²) in [6.07, 6.45) is 1.40. The predicted molar refractivity (Wildman–Crippen MR) is 109 cm³/mol. The van der Waals surface area contributed by atoms with Gasteiger partial charge in [0, 0.05) is 6.20 Å². The highest BCUT2D eigenvalue weighted by atomic mass is 32.2. The van der Waals surface area contributed by atoms with Crippen LogP contribution in [-0.4, -0.2) is 48.5 Å². The fourth-order valence-corrected chi connectivity index (χ4v) is 5.31. The maximum Gasteiger partial charge on any atom is 0.251 e. The highest BCUT2D eigenvalue weighted by Gasteiger charge is 2.41. The van der Waals surface area contributed by atoms with Crippen LogP contribution in [0, 0.1) is 0 Å². The van der Waals surface area contributed by atoms with Crippen molar-refractivity contribution in [3.63, 3.8) is 0 Å². The minimum atomic E-state index is -3.80. The zero-order chi connectivity index (χ0) is 21.7. The molecule has 11 heteroatoms. The topological polar surface area (TPSA) is 139 Å². The first-order valence-corrected chi connectivity index (χ1v) is 11.5. The molecular weight excluding hydrogens is 430 g/mol. The van der Waals surface area contributed by atoms with Crippen LogP contribution in [0.15, 0.2) is 54.7 Å². The lowest BCUT2D eigenvalue weighted by Crippen LogP contribution is -2.47. The van der Waals surface area contributed by atoms with Gasteiger partial charge in [-0.1, -0.05) is 36.4 Å². The number of pyridine rings is 1. The minimum Gasteiger partial charge on any atom is -0.294 e. The Morgan fingerprint density at radius 1 is 0.867 bits per heavy atom. The highest BCUT2D eigenvalue weighted by molar-refractivity contribution is 8.01. The van der Waals surface area contributed by atoms with E-state index in [1.807, 2.05) is 35.6 Å². The molecule has 1 aromatic heterocycles. The molecule has 2 saturated heterocycles. The van der Waals surface area contributed by atoms with Crippen molar-refractivity contribution in [2.75, 3.05) is 11.5 Å². The Bertz CT molecular complexity index is 1070. The van der Waals surface area contributed by atoms with Crippen LogP contribution in [0.4, 0.5) is 0 Å². The van der Waals surface area contributed by atoms with E-state index in [-0.39, 0.29) is 22.8 Å². The molecule has 2 atom stereocenters. The number of hydrogen-bond acceptors (Lipinski definition) is 8. The van der Waals surface area contributed by atoms with Crippen molar-refractivity contribution < 1.29 is 27.6 Å². The number of nitrogens with zero attached hydrogens (tertiary/aromatic N) is 1. The highest BCUT2D eigenvalue weighted by Crippen LogP contribution is 2.31. The van der Waals surface area contributed by atoms with E-state index in [0.717, 1.165) is 5.56 Å². The predicted octanol–water partition coefficient (Wildman–Crippen LogP) is 0.311. The number of hydrogen-bond donors (Lipinski definition) is 2. The summed E-state index contributed by atoms with van der Waals surface area (Å²) in [5.41, 5.74) is 1.08. The molecule has 0 bridgehead atoms. The average molecular weight is 447 g/mol. The second kappa shape index (κ2) is 9.18. The number of sulfone groups is 1. The summed E-state index contributed by atoms with van der Waals surface area (Å²) in [4.78, 5) is 48.6. The van der Waals surface area contributed by atoms with Gasteiger partial charge in [0.1, 0.15) is 11.0 Å². The van der Waals surface area contributed by atoms with Crippen molar-refractivity contribution in [1.29, 1.82) is 0 Å². The summed E-state index contributed by atoms with van der Waals surface area (Å²) in [6.45, 7) is 0. The second-order valence-corrected chi connectivity index (χ2v) is 9.55. The third-order valence-corrected chi connectivity index (χ3v) is 7.22. The Kier molecular flexibility index (Phi) is 6.63. The number of aromatic nitrogens is 1. The lowest BCUT2D eigenvalue weighted by Gasteiger charge is -2.20. The summed E-state index contributed by atoms with van der Waals surface area (Å²) in [6, 6.07) is 14.1. The van der Waals surface area contributed by atoms with Gasteiger partial charge in [0.05, 0.1) is 11.4 Å². The zero-order valence-electron chi connectivity index (χ0n) is 15.5. The number of nitrogens with one attached hydrogen (secondary N) is 2. The van der Waals surface area contributed by atoms with E-state index in [1.54, 1.807) is 12.1 Å². The SMILES string of the molecule is O=C1CS(=O)(=O)C(c2ccccn2)C(=O)N1.O=C1CSC(c2ccccc2)C(=O)N1. The van der Waals surface area contributed by atoms with Gasteiger partial charge in [-0.2, -0.15) is 0 Å². The molecule has 2 N–H and O–H groups in total. The van der Waals surface area contributed by atoms with Gasteiger partial charge in [-0.15, -0.1) is 11.8 Å². The molecule has 2 unspecified atom stereocenters. The van der Waals surface area contributed by atoms with Crippen LogP contribution < -0.4 is 10.6 Å². The van der Waals surface area contributed by atoms with Crippen molar-refractivity contribution in [3.8, 4) is 0 Å². The van der Waals surface area contributed by atoms with Gasteiger partial charge in [0.15, 0.2) is 15.1 Å². The summed E-state index contributed by atoms with van der Waals surface area (Å²) < 4.78 is 23.4. The lowest BCUT2D eigenvalue weighted by molar-refractivity contribution is -0.131. The second-order valence-electron chi connectivity index (χ2n) is 6.37. The van der Waals surface area contributed by atoms with Crippen LogP contribution in [0.3, 0.4) is 0 Å². The number of amides is 4. The van der Waals surface area contributed by atoms with Crippen molar-refractivity contribution >= 4 is 45.2 Å². The van der Waals surface area contributed by atoms with Crippen molar-refractivity contribution in [2.45, 2.75) is 10.5 Å². The molecule has 30 heavy (non-hydrogen) atoms. The Morgan fingerprint density at radius 3 is 2.13 bits per heavy atom. The molecule has 4 rings (SSSR count). The average Bonchev–Trinajstić information content (AvgIpc) is 2.68.